The second kappa shape index (κ2) is 10.5. The molecule has 1 aromatic carbocycles. The largest absolute Gasteiger partial charge is 0.469 e. The van der Waals surface area contributed by atoms with Crippen LogP contribution in [-0.4, -0.2) is 42.3 Å². The summed E-state index contributed by atoms with van der Waals surface area (Å²) in [5.74, 6) is 0.260. The third kappa shape index (κ3) is 6.43. The first-order valence-corrected chi connectivity index (χ1v) is 15.4. The molecule has 0 fully saturated rings. The van der Waals surface area contributed by atoms with Gasteiger partial charge in [0, 0.05) is 14.7 Å². The topological polar surface area (TPSA) is 75.5 Å². The zero-order chi connectivity index (χ0) is 23.5. The number of methoxy groups -OCH3 is 1. The molecular formula is C22H27ClIN3O4Si. The lowest BCUT2D eigenvalue weighted by Gasteiger charge is -2.16. The molecule has 0 saturated heterocycles. The summed E-state index contributed by atoms with van der Waals surface area (Å²) in [5, 5.41) is 0.545. The van der Waals surface area contributed by atoms with Crippen molar-refractivity contribution in [1.29, 1.82) is 0 Å². The minimum absolute atomic E-state index is 0.172. The van der Waals surface area contributed by atoms with E-state index < -0.39 is 8.07 Å². The van der Waals surface area contributed by atoms with Crippen LogP contribution in [0.3, 0.4) is 0 Å². The number of halogens is 2. The monoisotopic (exact) mass is 587 g/mol. The van der Waals surface area contributed by atoms with Crippen LogP contribution in [0.1, 0.15) is 11.1 Å². The fourth-order valence-corrected chi connectivity index (χ4v) is 4.24. The third-order valence-corrected chi connectivity index (χ3v) is 8.06. The van der Waals surface area contributed by atoms with E-state index in [1.54, 1.807) is 0 Å². The van der Waals surface area contributed by atoms with Gasteiger partial charge in [-0.3, -0.25) is 9.36 Å². The summed E-state index contributed by atoms with van der Waals surface area (Å²) in [4.78, 5) is 20.8. The summed E-state index contributed by atoms with van der Waals surface area (Å²) in [7, 11) is 0.171. The average molecular weight is 588 g/mol. The van der Waals surface area contributed by atoms with Gasteiger partial charge in [-0.25, -0.2) is 4.98 Å². The second-order valence-electron chi connectivity index (χ2n) is 8.72. The number of hydrogen-bond acceptors (Lipinski definition) is 6. The Morgan fingerprint density at radius 1 is 1.22 bits per heavy atom. The second-order valence-corrected chi connectivity index (χ2v) is 15.8. The molecule has 2 aromatic heterocycles. The zero-order valence-corrected chi connectivity index (χ0v) is 22.8. The van der Waals surface area contributed by atoms with E-state index in [9.17, 15) is 4.79 Å². The number of aromatic nitrogens is 3. The van der Waals surface area contributed by atoms with Crippen molar-refractivity contribution in [3.63, 3.8) is 0 Å². The van der Waals surface area contributed by atoms with Crippen LogP contribution >= 0.6 is 34.2 Å². The van der Waals surface area contributed by atoms with Gasteiger partial charge in [-0.1, -0.05) is 37.3 Å². The summed E-state index contributed by atoms with van der Waals surface area (Å²) in [6.07, 6.45) is 0.172. The number of esters is 1. The molecule has 172 valence electrons. The van der Waals surface area contributed by atoms with Gasteiger partial charge >= 0.3 is 12.0 Å². The number of pyridine rings is 1. The van der Waals surface area contributed by atoms with Crippen LogP contribution < -0.4 is 4.74 Å². The van der Waals surface area contributed by atoms with E-state index in [1.165, 1.54) is 7.11 Å². The van der Waals surface area contributed by atoms with E-state index in [2.05, 4.69) is 52.2 Å². The van der Waals surface area contributed by atoms with E-state index in [4.69, 9.17) is 25.8 Å². The van der Waals surface area contributed by atoms with E-state index in [0.717, 1.165) is 22.7 Å². The number of rotatable bonds is 9. The Bertz CT molecular complexity index is 1130. The lowest BCUT2D eigenvalue weighted by atomic mass is 10.1. The summed E-state index contributed by atoms with van der Waals surface area (Å²) in [5.41, 5.74) is 3.08. The van der Waals surface area contributed by atoms with E-state index in [1.807, 2.05) is 35.8 Å². The molecule has 3 rings (SSSR count). The molecule has 0 spiro atoms. The first kappa shape index (κ1) is 24.9. The molecule has 7 nitrogen and oxygen atoms in total. The smallest absolute Gasteiger partial charge is 0.309 e. The molecule has 2 heterocycles. The minimum atomic E-state index is -1.21. The maximum absolute atomic E-state index is 11.7. The highest BCUT2D eigenvalue weighted by molar-refractivity contribution is 14.1. The molecular weight excluding hydrogens is 561 g/mol. The van der Waals surface area contributed by atoms with E-state index in [0.29, 0.717) is 32.7 Å². The Balaban J connectivity index is 1.91. The predicted molar refractivity (Wildman–Crippen MR) is 136 cm³/mol. The molecule has 0 aliphatic carbocycles. The standard InChI is InChI=1S/C22H27ClIN3O4Si/c1-14-6-7-16(10-15(14)11-19(28)29-2)31-22-26-21-18(12-17(23)20(24)25-21)27(22)13-30-8-9-32(3,4)5/h6-7,10,12H,8-9,11,13H2,1-5H3. The molecule has 0 amide bonds. The van der Waals surface area contributed by atoms with Gasteiger partial charge in [0.15, 0.2) is 5.65 Å². The van der Waals surface area contributed by atoms with Gasteiger partial charge < -0.3 is 14.2 Å². The normalized spacial score (nSPS) is 11.7. The number of nitrogens with zero attached hydrogens (tertiary/aromatic N) is 3. The lowest BCUT2D eigenvalue weighted by molar-refractivity contribution is -0.139. The summed E-state index contributed by atoms with van der Waals surface area (Å²) < 4.78 is 19.4. The van der Waals surface area contributed by atoms with Gasteiger partial charge in [-0.05, 0) is 64.9 Å². The Kier molecular flexibility index (Phi) is 8.18. The van der Waals surface area contributed by atoms with Crippen molar-refractivity contribution in [2.75, 3.05) is 13.7 Å². The van der Waals surface area contributed by atoms with Crippen LogP contribution in [0.15, 0.2) is 24.3 Å². The van der Waals surface area contributed by atoms with Gasteiger partial charge in [0.05, 0.1) is 24.1 Å². The molecule has 0 atom stereocenters. The van der Waals surface area contributed by atoms with Crippen molar-refractivity contribution >= 4 is 59.4 Å². The van der Waals surface area contributed by atoms with Gasteiger partial charge in [0.25, 0.3) is 0 Å². The van der Waals surface area contributed by atoms with E-state index >= 15 is 0 Å². The third-order valence-electron chi connectivity index (χ3n) is 4.93. The summed E-state index contributed by atoms with van der Waals surface area (Å²) in [6, 6.07) is 8.81. The van der Waals surface area contributed by atoms with Gasteiger partial charge in [0.1, 0.15) is 16.2 Å². The maximum atomic E-state index is 11.7. The molecule has 0 N–H and O–H groups in total. The number of ether oxygens (including phenoxy) is 3. The average Bonchev–Trinajstić information content (AvgIpc) is 3.03. The van der Waals surface area contributed by atoms with Crippen molar-refractivity contribution < 1.29 is 19.0 Å². The summed E-state index contributed by atoms with van der Waals surface area (Å²) >= 11 is 8.40. The number of carbonyl (C=O) groups is 1. The number of hydrogen-bond donors (Lipinski definition) is 0. The maximum Gasteiger partial charge on any atom is 0.309 e. The molecule has 0 unspecified atom stereocenters. The predicted octanol–water partition coefficient (Wildman–Crippen LogP) is 5.82. The molecule has 0 aliphatic heterocycles. The van der Waals surface area contributed by atoms with Gasteiger partial charge in [-0.2, -0.15) is 4.98 Å². The molecule has 0 bridgehead atoms. The lowest BCUT2D eigenvalue weighted by Crippen LogP contribution is -2.22. The molecule has 0 saturated carbocycles. The van der Waals surface area contributed by atoms with Crippen molar-refractivity contribution in [3.8, 4) is 11.8 Å². The zero-order valence-electron chi connectivity index (χ0n) is 18.9. The fraction of sp³-hybridized carbons (Fsp3) is 0.409. The van der Waals surface area contributed by atoms with Crippen molar-refractivity contribution in [1.82, 2.24) is 14.5 Å². The van der Waals surface area contributed by atoms with Crippen LogP contribution in [0.2, 0.25) is 30.7 Å². The van der Waals surface area contributed by atoms with Crippen molar-refractivity contribution in [2.45, 2.75) is 45.8 Å². The first-order chi connectivity index (χ1) is 15.1. The van der Waals surface area contributed by atoms with Crippen LogP contribution in [0.4, 0.5) is 0 Å². The quantitative estimate of drug-likeness (QED) is 0.103. The number of carbonyl (C=O) groups excluding carboxylic acids is 1. The molecule has 10 heteroatoms. The number of fused-ring (bicyclic) bond motifs is 1. The molecule has 0 radical (unpaired) electrons. The first-order valence-electron chi connectivity index (χ1n) is 10.2. The Hall–Kier alpha value is -1.69. The Morgan fingerprint density at radius 3 is 2.66 bits per heavy atom. The van der Waals surface area contributed by atoms with Crippen LogP contribution in [0.25, 0.3) is 11.2 Å². The van der Waals surface area contributed by atoms with E-state index in [-0.39, 0.29) is 19.1 Å². The van der Waals surface area contributed by atoms with Crippen molar-refractivity contribution in [3.05, 3.63) is 44.1 Å². The van der Waals surface area contributed by atoms with Crippen LogP contribution in [-0.2, 0) is 27.4 Å². The Morgan fingerprint density at radius 2 is 1.97 bits per heavy atom. The highest BCUT2D eigenvalue weighted by Gasteiger charge is 2.18. The highest BCUT2D eigenvalue weighted by atomic mass is 127. The number of benzene rings is 1. The van der Waals surface area contributed by atoms with Crippen molar-refractivity contribution in [2.24, 2.45) is 0 Å². The summed E-state index contributed by atoms with van der Waals surface area (Å²) in [6.45, 7) is 9.81. The fourth-order valence-electron chi connectivity index (χ4n) is 2.95. The van der Waals surface area contributed by atoms with Crippen LogP contribution in [0, 0.1) is 10.6 Å². The number of imidazole rings is 1. The van der Waals surface area contributed by atoms with Gasteiger partial charge in [0.2, 0.25) is 0 Å². The molecule has 32 heavy (non-hydrogen) atoms. The molecule has 0 aliphatic rings. The van der Waals surface area contributed by atoms with Gasteiger partial charge in [-0.15, -0.1) is 0 Å². The van der Waals surface area contributed by atoms with Crippen LogP contribution in [0.5, 0.6) is 11.8 Å². The highest BCUT2D eigenvalue weighted by Crippen LogP contribution is 2.30. The minimum Gasteiger partial charge on any atom is -0.469 e. The number of aryl methyl sites for hydroxylation is 1. The Labute approximate surface area is 207 Å². The molecule has 3 aromatic rings. The SMILES string of the molecule is COC(=O)Cc1cc(Oc2nc3nc(I)c(Cl)cc3n2COCC[Si](C)(C)C)ccc1C.